The van der Waals surface area contributed by atoms with Crippen LogP contribution < -0.4 is 5.19 Å². The minimum atomic E-state index is 0.677. The van der Waals surface area contributed by atoms with Gasteiger partial charge in [-0.05, 0) is 11.1 Å². The molecule has 0 atom stereocenters. The molecule has 0 unspecified atom stereocenters. The lowest BCUT2D eigenvalue weighted by Gasteiger charge is -2.02. The Morgan fingerprint density at radius 1 is 0.786 bits per heavy atom. The van der Waals surface area contributed by atoms with Gasteiger partial charge in [0.25, 0.3) is 0 Å². The average molecular weight is 209 g/mol. The van der Waals surface area contributed by atoms with Gasteiger partial charge in [0.15, 0.2) is 0 Å². The minimum absolute atomic E-state index is 0.677. The lowest BCUT2D eigenvalue weighted by Crippen LogP contribution is -2.13. The molecule has 0 aliphatic carbocycles. The second kappa shape index (κ2) is 4.39. The molecule has 0 bridgehead atoms. The van der Waals surface area contributed by atoms with Crippen LogP contribution in [0.4, 0.5) is 0 Å². The summed E-state index contributed by atoms with van der Waals surface area (Å²) < 4.78 is 0. The molecule has 2 aromatic rings. The SMILES string of the molecule is [Si][Si]c1cccc(-c2ccccc2)c1. The first-order valence-corrected chi connectivity index (χ1v) is 6.98. The van der Waals surface area contributed by atoms with E-state index in [1.165, 1.54) is 16.3 Å². The molecule has 14 heavy (non-hydrogen) atoms. The van der Waals surface area contributed by atoms with Gasteiger partial charge in [0.05, 0.1) is 9.04 Å². The molecule has 0 aromatic heterocycles. The van der Waals surface area contributed by atoms with E-state index in [2.05, 4.69) is 58.3 Å². The van der Waals surface area contributed by atoms with Crippen LogP contribution in [0.3, 0.4) is 0 Å². The van der Waals surface area contributed by atoms with Gasteiger partial charge in [0.2, 0.25) is 0 Å². The zero-order valence-corrected chi connectivity index (χ0v) is 9.70. The smallest absolute Gasteiger partial charge is 0.0604 e. The summed E-state index contributed by atoms with van der Waals surface area (Å²) >= 11 is 0. The Bertz CT molecular complexity index is 410. The molecule has 0 aliphatic rings. The van der Waals surface area contributed by atoms with Crippen molar-refractivity contribution in [3.8, 4) is 11.1 Å². The third kappa shape index (κ3) is 2.03. The van der Waals surface area contributed by atoms with Crippen molar-refractivity contribution in [2.24, 2.45) is 0 Å². The summed E-state index contributed by atoms with van der Waals surface area (Å²) in [5.74, 6) is 0. The van der Waals surface area contributed by atoms with E-state index in [1.807, 2.05) is 6.07 Å². The number of hydrogen-bond acceptors (Lipinski definition) is 0. The van der Waals surface area contributed by atoms with Crippen LogP contribution in [0.15, 0.2) is 54.6 Å². The lowest BCUT2D eigenvalue weighted by atomic mass is 10.1. The van der Waals surface area contributed by atoms with E-state index in [0.717, 1.165) is 0 Å². The highest BCUT2D eigenvalue weighted by Gasteiger charge is 1.96. The largest absolute Gasteiger partial charge is 0.0675 e. The molecule has 0 heterocycles. The molecule has 65 valence electrons. The highest BCUT2D eigenvalue weighted by Crippen LogP contribution is 2.16. The van der Waals surface area contributed by atoms with Crippen LogP contribution in [0.1, 0.15) is 0 Å². The fraction of sp³-hybridized carbons (Fsp3) is 0. The summed E-state index contributed by atoms with van der Waals surface area (Å²) in [5.41, 5.74) is 2.56. The molecule has 0 nitrogen and oxygen atoms in total. The molecule has 0 amide bonds. The predicted octanol–water partition coefficient (Wildman–Crippen LogP) is 1.77. The van der Waals surface area contributed by atoms with E-state index in [-0.39, 0.29) is 0 Å². The van der Waals surface area contributed by atoms with Gasteiger partial charge in [-0.3, -0.25) is 0 Å². The average Bonchev–Trinajstić information content (AvgIpc) is 2.30. The summed E-state index contributed by atoms with van der Waals surface area (Å²) in [6.45, 7) is 0. The van der Waals surface area contributed by atoms with E-state index >= 15 is 0 Å². The van der Waals surface area contributed by atoms with Crippen LogP contribution in [-0.4, -0.2) is 18.8 Å². The zero-order valence-electron chi connectivity index (χ0n) is 7.70. The van der Waals surface area contributed by atoms with Gasteiger partial charge in [-0.15, -0.1) is 0 Å². The number of hydrogen-bond donors (Lipinski definition) is 0. The Labute approximate surface area is 90.0 Å². The molecule has 0 saturated heterocycles. The molecule has 2 aromatic carbocycles. The molecular weight excluding hydrogens is 200 g/mol. The monoisotopic (exact) mass is 209 g/mol. The molecule has 0 aliphatic heterocycles. The Morgan fingerprint density at radius 2 is 1.50 bits per heavy atom. The number of benzene rings is 2. The molecule has 0 spiro atoms. The zero-order chi connectivity index (χ0) is 9.80. The van der Waals surface area contributed by atoms with Crippen molar-refractivity contribution in [3.05, 3.63) is 54.6 Å². The van der Waals surface area contributed by atoms with Crippen molar-refractivity contribution >= 4 is 24.0 Å². The van der Waals surface area contributed by atoms with E-state index in [9.17, 15) is 0 Å². The minimum Gasteiger partial charge on any atom is -0.0675 e. The fourth-order valence-corrected chi connectivity index (χ4v) is 2.28. The van der Waals surface area contributed by atoms with E-state index < -0.39 is 0 Å². The third-order valence-electron chi connectivity index (χ3n) is 2.11. The van der Waals surface area contributed by atoms with Gasteiger partial charge in [-0.25, -0.2) is 0 Å². The molecule has 0 fully saturated rings. The molecule has 2 heteroatoms. The Balaban J connectivity index is 2.42. The van der Waals surface area contributed by atoms with Gasteiger partial charge < -0.3 is 0 Å². The molecule has 0 N–H and O–H groups in total. The maximum atomic E-state index is 3.54. The quantitative estimate of drug-likeness (QED) is 0.661. The second-order valence-corrected chi connectivity index (χ2v) is 4.65. The predicted molar refractivity (Wildman–Crippen MR) is 63.0 cm³/mol. The summed E-state index contributed by atoms with van der Waals surface area (Å²) in [4.78, 5) is 0. The molecule has 0 saturated carbocycles. The maximum absolute atomic E-state index is 3.54. The molecular formula is C12H9Si2. The van der Waals surface area contributed by atoms with Crippen LogP contribution in [-0.2, 0) is 0 Å². The number of rotatable bonds is 2. The first-order chi connectivity index (χ1) is 6.90. The summed E-state index contributed by atoms with van der Waals surface area (Å²) in [6, 6.07) is 19.1. The second-order valence-electron chi connectivity index (χ2n) is 3.07. The van der Waals surface area contributed by atoms with Crippen molar-refractivity contribution in [2.75, 3.05) is 0 Å². The van der Waals surface area contributed by atoms with Crippen molar-refractivity contribution in [1.82, 2.24) is 0 Å². The molecule has 5 radical (unpaired) electrons. The lowest BCUT2D eigenvalue weighted by molar-refractivity contribution is 1.64. The van der Waals surface area contributed by atoms with Gasteiger partial charge >= 0.3 is 0 Å². The van der Waals surface area contributed by atoms with E-state index in [1.54, 1.807) is 0 Å². The standard InChI is InChI=1S/C12H9Si2/c13-14-12-8-4-7-11(9-12)10-5-2-1-3-6-10/h1-9H. The first kappa shape index (κ1) is 9.43. The van der Waals surface area contributed by atoms with Crippen LogP contribution in [0, 0.1) is 0 Å². The fourth-order valence-electron chi connectivity index (χ4n) is 1.41. The maximum Gasteiger partial charge on any atom is 0.0604 e. The van der Waals surface area contributed by atoms with Crippen LogP contribution in [0.2, 0.25) is 0 Å². The van der Waals surface area contributed by atoms with E-state index in [4.69, 9.17) is 0 Å². The summed E-state index contributed by atoms with van der Waals surface area (Å²) in [6.07, 6.45) is 0. The van der Waals surface area contributed by atoms with Gasteiger partial charge in [-0.2, -0.15) is 0 Å². The van der Waals surface area contributed by atoms with Crippen molar-refractivity contribution in [2.45, 2.75) is 0 Å². The van der Waals surface area contributed by atoms with E-state index in [0.29, 0.717) is 9.04 Å². The third-order valence-corrected chi connectivity index (χ3v) is 3.58. The van der Waals surface area contributed by atoms with Crippen molar-refractivity contribution in [3.63, 3.8) is 0 Å². The van der Waals surface area contributed by atoms with Gasteiger partial charge in [0.1, 0.15) is 0 Å². The van der Waals surface area contributed by atoms with Crippen molar-refractivity contribution < 1.29 is 0 Å². The van der Waals surface area contributed by atoms with Crippen LogP contribution >= 0.6 is 0 Å². The topological polar surface area (TPSA) is 0 Å². The Morgan fingerprint density at radius 3 is 2.21 bits per heavy atom. The highest BCUT2D eigenvalue weighted by molar-refractivity contribution is 6.97. The van der Waals surface area contributed by atoms with Crippen LogP contribution in [0.5, 0.6) is 0 Å². The first-order valence-electron chi connectivity index (χ1n) is 4.48. The Hall–Kier alpha value is -1.13. The summed E-state index contributed by atoms with van der Waals surface area (Å²) in [7, 11) is 4.22. The normalized spacial score (nSPS) is 10.1. The Kier molecular flexibility index (Phi) is 2.96. The molecule has 2 rings (SSSR count). The highest BCUT2D eigenvalue weighted by atomic mass is 29.1. The van der Waals surface area contributed by atoms with Gasteiger partial charge in [0, 0.05) is 9.76 Å². The van der Waals surface area contributed by atoms with Crippen molar-refractivity contribution in [1.29, 1.82) is 0 Å². The van der Waals surface area contributed by atoms with Crippen LogP contribution in [0.25, 0.3) is 11.1 Å². The van der Waals surface area contributed by atoms with Gasteiger partial charge in [-0.1, -0.05) is 59.8 Å². The summed E-state index contributed by atoms with van der Waals surface area (Å²) in [5, 5.41) is 1.34.